The largest absolute Gasteiger partial charge is 0.481 e. The van der Waals surface area contributed by atoms with E-state index in [0.717, 1.165) is 5.56 Å². The molecule has 1 amide bonds. The Bertz CT molecular complexity index is 453. The number of carboxylic acid groups (broad SMARTS) is 1. The van der Waals surface area contributed by atoms with Crippen LogP contribution in [0.4, 0.5) is 0 Å². The Morgan fingerprint density at radius 3 is 2.35 bits per heavy atom. The van der Waals surface area contributed by atoms with Crippen molar-refractivity contribution in [1.82, 2.24) is 4.90 Å². The summed E-state index contributed by atoms with van der Waals surface area (Å²) in [6.45, 7) is 6.35. The molecule has 1 atom stereocenters. The molecule has 0 aliphatic carbocycles. The summed E-state index contributed by atoms with van der Waals surface area (Å²) in [5, 5.41) is 8.90. The maximum atomic E-state index is 12.1. The summed E-state index contributed by atoms with van der Waals surface area (Å²) in [7, 11) is 0. The van der Waals surface area contributed by atoms with Gasteiger partial charge in [-0.3, -0.25) is 9.59 Å². The van der Waals surface area contributed by atoms with Gasteiger partial charge in [0.2, 0.25) is 5.91 Å². The second-order valence-electron chi connectivity index (χ2n) is 5.16. The Balaban J connectivity index is 2.51. The zero-order chi connectivity index (χ0) is 15.1. The average molecular weight is 277 g/mol. The number of carbonyl (C=O) groups excluding carboxylic acids is 1. The number of hydrogen-bond donors (Lipinski definition) is 1. The Hall–Kier alpha value is -1.84. The van der Waals surface area contributed by atoms with E-state index < -0.39 is 11.9 Å². The van der Waals surface area contributed by atoms with Crippen molar-refractivity contribution in [1.29, 1.82) is 0 Å². The van der Waals surface area contributed by atoms with Crippen LogP contribution < -0.4 is 0 Å². The van der Waals surface area contributed by atoms with Gasteiger partial charge in [-0.1, -0.05) is 36.8 Å². The molecule has 0 saturated heterocycles. The normalized spacial score (nSPS) is 11.9. The molecule has 1 N–H and O–H groups in total. The monoisotopic (exact) mass is 277 g/mol. The molecule has 0 bridgehead atoms. The smallest absolute Gasteiger partial charge is 0.308 e. The van der Waals surface area contributed by atoms with Crippen LogP contribution in [-0.2, 0) is 16.0 Å². The minimum atomic E-state index is -0.866. The maximum Gasteiger partial charge on any atom is 0.308 e. The molecule has 0 aliphatic rings. The molecular weight excluding hydrogens is 254 g/mol. The SMILES string of the molecule is CCN(CC(C)C(=O)O)C(=O)CCc1ccc(C)cc1. The summed E-state index contributed by atoms with van der Waals surface area (Å²) in [4.78, 5) is 24.6. The van der Waals surface area contributed by atoms with Gasteiger partial charge < -0.3 is 10.0 Å². The predicted molar refractivity (Wildman–Crippen MR) is 78.6 cm³/mol. The highest BCUT2D eigenvalue weighted by Crippen LogP contribution is 2.08. The summed E-state index contributed by atoms with van der Waals surface area (Å²) in [5.74, 6) is -1.38. The average Bonchev–Trinajstić information content (AvgIpc) is 2.43. The molecule has 0 aliphatic heterocycles. The van der Waals surface area contributed by atoms with Gasteiger partial charge in [0.05, 0.1) is 5.92 Å². The van der Waals surface area contributed by atoms with Gasteiger partial charge in [-0.25, -0.2) is 0 Å². The molecule has 1 unspecified atom stereocenters. The molecule has 1 rings (SSSR count). The van der Waals surface area contributed by atoms with Gasteiger partial charge in [0.1, 0.15) is 0 Å². The quantitative estimate of drug-likeness (QED) is 0.833. The Morgan fingerprint density at radius 2 is 1.85 bits per heavy atom. The molecule has 1 aromatic carbocycles. The first kappa shape index (κ1) is 16.2. The van der Waals surface area contributed by atoms with Crippen molar-refractivity contribution >= 4 is 11.9 Å². The number of rotatable bonds is 7. The highest BCUT2D eigenvalue weighted by atomic mass is 16.4. The van der Waals surface area contributed by atoms with E-state index in [1.807, 2.05) is 38.1 Å². The van der Waals surface area contributed by atoms with Crippen molar-refractivity contribution in [3.8, 4) is 0 Å². The molecule has 4 heteroatoms. The van der Waals surface area contributed by atoms with E-state index in [1.165, 1.54) is 5.56 Å². The Kier molecular flexibility index (Phi) is 6.22. The molecule has 20 heavy (non-hydrogen) atoms. The molecule has 0 radical (unpaired) electrons. The third-order valence-electron chi connectivity index (χ3n) is 3.40. The molecule has 4 nitrogen and oxygen atoms in total. The highest BCUT2D eigenvalue weighted by Gasteiger charge is 2.18. The number of amides is 1. The molecular formula is C16H23NO3. The highest BCUT2D eigenvalue weighted by molar-refractivity contribution is 5.77. The van der Waals surface area contributed by atoms with E-state index in [0.29, 0.717) is 19.4 Å². The van der Waals surface area contributed by atoms with Crippen LogP contribution in [0, 0.1) is 12.8 Å². The van der Waals surface area contributed by atoms with Crippen molar-refractivity contribution in [2.75, 3.05) is 13.1 Å². The van der Waals surface area contributed by atoms with Crippen LogP contribution in [0.15, 0.2) is 24.3 Å². The molecule has 1 aromatic rings. The van der Waals surface area contributed by atoms with Gasteiger partial charge >= 0.3 is 5.97 Å². The van der Waals surface area contributed by atoms with Gasteiger partial charge in [-0.15, -0.1) is 0 Å². The molecule has 0 saturated carbocycles. The van der Waals surface area contributed by atoms with E-state index in [9.17, 15) is 9.59 Å². The van der Waals surface area contributed by atoms with E-state index in [1.54, 1.807) is 11.8 Å². The number of carboxylic acids is 1. The summed E-state index contributed by atoms with van der Waals surface area (Å²) in [6, 6.07) is 8.12. The number of carbonyl (C=O) groups is 2. The van der Waals surface area contributed by atoms with E-state index in [-0.39, 0.29) is 12.5 Å². The number of benzene rings is 1. The Labute approximate surface area is 120 Å². The van der Waals surface area contributed by atoms with Crippen molar-refractivity contribution in [3.05, 3.63) is 35.4 Å². The van der Waals surface area contributed by atoms with Gasteiger partial charge in [0.15, 0.2) is 0 Å². The summed E-state index contributed by atoms with van der Waals surface area (Å²) < 4.78 is 0. The Morgan fingerprint density at radius 1 is 1.25 bits per heavy atom. The zero-order valence-electron chi connectivity index (χ0n) is 12.4. The second-order valence-corrected chi connectivity index (χ2v) is 5.16. The van der Waals surface area contributed by atoms with Crippen molar-refractivity contribution in [2.24, 2.45) is 5.92 Å². The number of aryl methyl sites for hydroxylation is 2. The molecule has 0 heterocycles. The maximum absolute atomic E-state index is 12.1. The van der Waals surface area contributed by atoms with Crippen molar-refractivity contribution < 1.29 is 14.7 Å². The van der Waals surface area contributed by atoms with Crippen molar-refractivity contribution in [3.63, 3.8) is 0 Å². The summed E-state index contributed by atoms with van der Waals surface area (Å²) in [5.41, 5.74) is 2.33. The lowest BCUT2D eigenvalue weighted by molar-refractivity contribution is -0.143. The minimum Gasteiger partial charge on any atom is -0.481 e. The van der Waals surface area contributed by atoms with Crippen LogP contribution in [0.25, 0.3) is 0 Å². The first-order valence-electron chi connectivity index (χ1n) is 7.00. The first-order valence-corrected chi connectivity index (χ1v) is 7.00. The van der Waals surface area contributed by atoms with E-state index >= 15 is 0 Å². The minimum absolute atomic E-state index is 0.0150. The fourth-order valence-electron chi connectivity index (χ4n) is 1.98. The molecule has 0 spiro atoms. The standard InChI is InChI=1S/C16H23NO3/c1-4-17(11-13(3)16(19)20)15(18)10-9-14-7-5-12(2)6-8-14/h5-8,13H,4,9-11H2,1-3H3,(H,19,20). The lowest BCUT2D eigenvalue weighted by Crippen LogP contribution is -2.36. The van der Waals surface area contributed by atoms with E-state index in [4.69, 9.17) is 5.11 Å². The van der Waals surface area contributed by atoms with Crippen LogP contribution in [0.1, 0.15) is 31.4 Å². The molecule has 0 fully saturated rings. The van der Waals surface area contributed by atoms with Gasteiger partial charge in [-0.05, 0) is 25.8 Å². The fourth-order valence-corrected chi connectivity index (χ4v) is 1.98. The molecule has 0 aromatic heterocycles. The third-order valence-corrected chi connectivity index (χ3v) is 3.40. The number of nitrogens with zero attached hydrogens (tertiary/aromatic N) is 1. The zero-order valence-corrected chi connectivity index (χ0v) is 12.4. The summed E-state index contributed by atoms with van der Waals surface area (Å²) >= 11 is 0. The van der Waals surface area contributed by atoms with Crippen LogP contribution >= 0.6 is 0 Å². The van der Waals surface area contributed by atoms with Gasteiger partial charge in [0, 0.05) is 19.5 Å². The lowest BCUT2D eigenvalue weighted by Gasteiger charge is -2.23. The molecule has 110 valence electrons. The second kappa shape index (κ2) is 7.68. The van der Waals surface area contributed by atoms with Crippen LogP contribution in [0.2, 0.25) is 0 Å². The predicted octanol–water partition coefficient (Wildman–Crippen LogP) is 2.50. The topological polar surface area (TPSA) is 57.6 Å². The van der Waals surface area contributed by atoms with Crippen molar-refractivity contribution in [2.45, 2.75) is 33.6 Å². The number of hydrogen-bond acceptors (Lipinski definition) is 2. The third kappa shape index (κ3) is 5.03. The fraction of sp³-hybridized carbons (Fsp3) is 0.500. The first-order chi connectivity index (χ1) is 9.43. The van der Waals surface area contributed by atoms with Crippen LogP contribution in [0.5, 0.6) is 0 Å². The van der Waals surface area contributed by atoms with Crippen LogP contribution in [0.3, 0.4) is 0 Å². The summed E-state index contributed by atoms with van der Waals surface area (Å²) in [6.07, 6.45) is 1.11. The van der Waals surface area contributed by atoms with Gasteiger partial charge in [-0.2, -0.15) is 0 Å². The lowest BCUT2D eigenvalue weighted by atomic mass is 10.1. The number of aliphatic carboxylic acids is 1. The van der Waals surface area contributed by atoms with Gasteiger partial charge in [0.25, 0.3) is 0 Å². The van der Waals surface area contributed by atoms with E-state index in [2.05, 4.69) is 0 Å². The van der Waals surface area contributed by atoms with Crippen LogP contribution in [-0.4, -0.2) is 35.0 Å².